The van der Waals surface area contributed by atoms with E-state index in [-0.39, 0.29) is 22.8 Å². The SMILES string of the molecule is O=C(COC(=O)CCc1ccsc1)Nc1ccc(Cl)cc1[N+](=O)[O-]. The summed E-state index contributed by atoms with van der Waals surface area (Å²) in [6, 6.07) is 5.77. The van der Waals surface area contributed by atoms with Crippen LogP contribution in [0.5, 0.6) is 0 Å². The summed E-state index contributed by atoms with van der Waals surface area (Å²) in [5, 5.41) is 17.3. The second-order valence-electron chi connectivity index (χ2n) is 4.76. The maximum Gasteiger partial charge on any atom is 0.306 e. The van der Waals surface area contributed by atoms with E-state index in [1.807, 2.05) is 16.8 Å². The molecule has 0 fully saturated rings. The minimum Gasteiger partial charge on any atom is -0.456 e. The van der Waals surface area contributed by atoms with Gasteiger partial charge < -0.3 is 10.1 Å². The molecule has 0 bridgehead atoms. The van der Waals surface area contributed by atoms with Crippen molar-refractivity contribution in [2.45, 2.75) is 12.8 Å². The number of thiophene rings is 1. The molecule has 2 rings (SSSR count). The van der Waals surface area contributed by atoms with Gasteiger partial charge in [-0.05, 0) is 40.9 Å². The highest BCUT2D eigenvalue weighted by molar-refractivity contribution is 7.07. The number of anilines is 1. The standard InChI is InChI=1S/C15H13ClN2O5S/c16-11-2-3-12(13(7-11)18(21)22)17-14(19)8-23-15(20)4-1-10-5-6-24-9-10/h2-3,5-7,9H,1,4,8H2,(H,17,19). The molecule has 0 atom stereocenters. The van der Waals surface area contributed by atoms with E-state index in [1.54, 1.807) is 0 Å². The van der Waals surface area contributed by atoms with Gasteiger partial charge >= 0.3 is 5.97 Å². The Morgan fingerprint density at radius 2 is 2.12 bits per heavy atom. The molecule has 0 aliphatic rings. The minimum absolute atomic E-state index is 0.0104. The van der Waals surface area contributed by atoms with Crippen molar-refractivity contribution in [3.05, 3.63) is 55.7 Å². The van der Waals surface area contributed by atoms with E-state index in [0.717, 1.165) is 11.6 Å². The molecular weight excluding hydrogens is 356 g/mol. The average molecular weight is 369 g/mol. The molecule has 2 aromatic rings. The molecule has 1 N–H and O–H groups in total. The van der Waals surface area contributed by atoms with Gasteiger partial charge in [-0.1, -0.05) is 11.6 Å². The maximum atomic E-state index is 11.8. The molecule has 24 heavy (non-hydrogen) atoms. The quantitative estimate of drug-likeness (QED) is 0.458. The van der Waals surface area contributed by atoms with Crippen molar-refractivity contribution in [3.8, 4) is 0 Å². The summed E-state index contributed by atoms with van der Waals surface area (Å²) in [5.41, 5.74) is 0.682. The Morgan fingerprint density at radius 3 is 2.79 bits per heavy atom. The van der Waals surface area contributed by atoms with Crippen molar-refractivity contribution in [3.63, 3.8) is 0 Å². The number of nitrogens with zero attached hydrogens (tertiary/aromatic N) is 1. The number of hydrogen-bond donors (Lipinski definition) is 1. The molecule has 9 heteroatoms. The fourth-order valence-corrected chi connectivity index (χ4v) is 2.72. The van der Waals surface area contributed by atoms with Gasteiger partial charge in [-0.3, -0.25) is 19.7 Å². The number of amides is 1. The molecular formula is C15H13ClN2O5S. The normalized spacial score (nSPS) is 10.2. The molecule has 0 radical (unpaired) electrons. The molecule has 7 nitrogen and oxygen atoms in total. The third-order valence-corrected chi connectivity index (χ3v) is 3.96. The zero-order valence-corrected chi connectivity index (χ0v) is 13.9. The van der Waals surface area contributed by atoms with Crippen LogP contribution in [0.1, 0.15) is 12.0 Å². The van der Waals surface area contributed by atoms with E-state index in [1.165, 1.54) is 23.5 Å². The Balaban J connectivity index is 1.83. The van der Waals surface area contributed by atoms with Gasteiger partial charge in [0.2, 0.25) is 0 Å². The van der Waals surface area contributed by atoms with E-state index in [9.17, 15) is 19.7 Å². The molecule has 126 valence electrons. The Hall–Kier alpha value is -2.45. The van der Waals surface area contributed by atoms with E-state index in [4.69, 9.17) is 16.3 Å². The van der Waals surface area contributed by atoms with Crippen LogP contribution in [-0.2, 0) is 20.7 Å². The van der Waals surface area contributed by atoms with Crippen LogP contribution in [0.25, 0.3) is 0 Å². The molecule has 0 spiro atoms. The van der Waals surface area contributed by atoms with Gasteiger partial charge in [0.1, 0.15) is 5.69 Å². The molecule has 1 aromatic heterocycles. The second-order valence-corrected chi connectivity index (χ2v) is 5.98. The number of benzene rings is 1. The summed E-state index contributed by atoms with van der Waals surface area (Å²) in [7, 11) is 0. The number of esters is 1. The fourth-order valence-electron chi connectivity index (χ4n) is 1.85. The average Bonchev–Trinajstić information content (AvgIpc) is 3.06. The lowest BCUT2D eigenvalue weighted by Crippen LogP contribution is -2.21. The Bertz CT molecular complexity index is 748. The summed E-state index contributed by atoms with van der Waals surface area (Å²) < 4.78 is 4.85. The van der Waals surface area contributed by atoms with Crippen LogP contribution in [-0.4, -0.2) is 23.4 Å². The first kappa shape index (κ1) is 17.9. The summed E-state index contributed by atoms with van der Waals surface area (Å²) in [6.07, 6.45) is 0.692. The minimum atomic E-state index is -0.663. The molecule has 1 heterocycles. The number of carbonyl (C=O) groups excluding carboxylic acids is 2. The first-order chi connectivity index (χ1) is 11.5. The van der Waals surface area contributed by atoms with E-state index >= 15 is 0 Å². The molecule has 0 aliphatic heterocycles. The third kappa shape index (κ3) is 5.32. The number of nitro groups is 1. The van der Waals surface area contributed by atoms with Crippen LogP contribution in [0.3, 0.4) is 0 Å². The van der Waals surface area contributed by atoms with Crippen molar-refractivity contribution in [2.75, 3.05) is 11.9 Å². The third-order valence-electron chi connectivity index (χ3n) is 2.99. The van der Waals surface area contributed by atoms with Gasteiger partial charge in [0, 0.05) is 17.5 Å². The number of aryl methyl sites for hydroxylation is 1. The van der Waals surface area contributed by atoms with Crippen molar-refractivity contribution >= 4 is 46.2 Å². The van der Waals surface area contributed by atoms with Gasteiger partial charge in [-0.25, -0.2) is 0 Å². The second kappa shape index (κ2) is 8.42. The molecule has 0 saturated heterocycles. The van der Waals surface area contributed by atoms with E-state index in [2.05, 4.69) is 5.32 Å². The predicted molar refractivity (Wildman–Crippen MR) is 90.3 cm³/mol. The van der Waals surface area contributed by atoms with Crippen LogP contribution in [0.2, 0.25) is 5.02 Å². The van der Waals surface area contributed by atoms with E-state index < -0.39 is 23.4 Å². The lowest BCUT2D eigenvalue weighted by Gasteiger charge is -2.07. The topological polar surface area (TPSA) is 98.5 Å². The largest absolute Gasteiger partial charge is 0.456 e. The summed E-state index contributed by atoms with van der Waals surface area (Å²) in [5.74, 6) is -1.17. The fraction of sp³-hybridized carbons (Fsp3) is 0.200. The number of nitrogens with one attached hydrogen (secondary N) is 1. The Morgan fingerprint density at radius 1 is 1.33 bits per heavy atom. The predicted octanol–water partition coefficient (Wildman–Crippen LogP) is 3.42. The summed E-state index contributed by atoms with van der Waals surface area (Å²) in [4.78, 5) is 33.6. The maximum absolute atomic E-state index is 11.8. The zero-order chi connectivity index (χ0) is 17.5. The molecule has 1 amide bonds. The van der Waals surface area contributed by atoms with Crippen LogP contribution in [0, 0.1) is 10.1 Å². The molecule has 0 unspecified atom stereocenters. The number of rotatable bonds is 7. The number of ether oxygens (including phenoxy) is 1. The monoisotopic (exact) mass is 368 g/mol. The molecule has 0 saturated carbocycles. The lowest BCUT2D eigenvalue weighted by molar-refractivity contribution is -0.383. The summed E-state index contributed by atoms with van der Waals surface area (Å²) in [6.45, 7) is -0.512. The smallest absolute Gasteiger partial charge is 0.306 e. The van der Waals surface area contributed by atoms with Gasteiger partial charge in [-0.15, -0.1) is 0 Å². The summed E-state index contributed by atoms with van der Waals surface area (Å²) >= 11 is 7.23. The Kier molecular flexibility index (Phi) is 6.28. The number of nitro benzene ring substituents is 1. The zero-order valence-electron chi connectivity index (χ0n) is 12.4. The highest BCUT2D eigenvalue weighted by atomic mass is 35.5. The van der Waals surface area contributed by atoms with E-state index in [0.29, 0.717) is 6.42 Å². The van der Waals surface area contributed by atoms with Crippen LogP contribution >= 0.6 is 22.9 Å². The van der Waals surface area contributed by atoms with Gasteiger partial charge in [0.25, 0.3) is 11.6 Å². The van der Waals surface area contributed by atoms with Crippen molar-refractivity contribution in [2.24, 2.45) is 0 Å². The lowest BCUT2D eigenvalue weighted by atomic mass is 10.2. The van der Waals surface area contributed by atoms with Gasteiger partial charge in [0.05, 0.1) is 4.92 Å². The van der Waals surface area contributed by atoms with Crippen LogP contribution in [0.15, 0.2) is 35.0 Å². The molecule has 1 aromatic carbocycles. The number of carbonyl (C=O) groups is 2. The van der Waals surface area contributed by atoms with Crippen LogP contribution in [0.4, 0.5) is 11.4 Å². The first-order valence-electron chi connectivity index (χ1n) is 6.86. The number of hydrogen-bond acceptors (Lipinski definition) is 6. The van der Waals surface area contributed by atoms with Crippen molar-refractivity contribution in [1.82, 2.24) is 0 Å². The van der Waals surface area contributed by atoms with Crippen molar-refractivity contribution in [1.29, 1.82) is 0 Å². The highest BCUT2D eigenvalue weighted by Gasteiger charge is 2.17. The Labute approximate surface area is 146 Å². The molecule has 0 aliphatic carbocycles. The van der Waals surface area contributed by atoms with Crippen LogP contribution < -0.4 is 5.32 Å². The number of halogens is 1. The highest BCUT2D eigenvalue weighted by Crippen LogP contribution is 2.27. The van der Waals surface area contributed by atoms with Gasteiger partial charge in [0.15, 0.2) is 6.61 Å². The first-order valence-corrected chi connectivity index (χ1v) is 8.18. The van der Waals surface area contributed by atoms with Crippen molar-refractivity contribution < 1.29 is 19.2 Å². The van der Waals surface area contributed by atoms with Gasteiger partial charge in [-0.2, -0.15) is 11.3 Å².